The fourth-order valence-corrected chi connectivity index (χ4v) is 2.48. The minimum atomic E-state index is 0.560. The largest absolute Gasteiger partial charge is 0.257 e. The van der Waals surface area contributed by atoms with Crippen LogP contribution in [0.25, 0.3) is 0 Å². The molecule has 1 aromatic rings. The second-order valence-electron chi connectivity index (χ2n) is 5.40. The highest BCUT2D eigenvalue weighted by molar-refractivity contribution is 5.93. The molecule has 0 saturated carbocycles. The Morgan fingerprint density at radius 3 is 2.12 bits per heavy atom. The van der Waals surface area contributed by atoms with Crippen molar-refractivity contribution in [3.8, 4) is 0 Å². The second-order valence-corrected chi connectivity index (χ2v) is 5.40. The van der Waals surface area contributed by atoms with Crippen LogP contribution in [-0.4, -0.2) is 5.71 Å². The third-order valence-corrected chi connectivity index (χ3v) is 3.33. The summed E-state index contributed by atoms with van der Waals surface area (Å²) in [5, 5.41) is 0. The van der Waals surface area contributed by atoms with E-state index in [0.29, 0.717) is 11.8 Å². The molecule has 16 heavy (non-hydrogen) atoms. The topological polar surface area (TPSA) is 12.4 Å². The van der Waals surface area contributed by atoms with Gasteiger partial charge in [0.25, 0.3) is 0 Å². The van der Waals surface area contributed by atoms with Crippen molar-refractivity contribution in [2.24, 2.45) is 4.99 Å². The number of nitrogens with zero attached hydrogens (tertiary/aromatic N) is 1. The minimum absolute atomic E-state index is 0.560. The van der Waals surface area contributed by atoms with Gasteiger partial charge in [-0.15, -0.1) is 0 Å². The molecule has 1 aromatic carbocycles. The van der Waals surface area contributed by atoms with Gasteiger partial charge in [-0.3, -0.25) is 4.99 Å². The third-order valence-electron chi connectivity index (χ3n) is 3.33. The van der Waals surface area contributed by atoms with E-state index >= 15 is 0 Å². The van der Waals surface area contributed by atoms with E-state index in [4.69, 9.17) is 4.99 Å². The summed E-state index contributed by atoms with van der Waals surface area (Å²) in [6.45, 7) is 11.1. The number of hydrogen-bond acceptors (Lipinski definition) is 1. The summed E-state index contributed by atoms with van der Waals surface area (Å²) < 4.78 is 0. The molecule has 0 aromatic heterocycles. The van der Waals surface area contributed by atoms with E-state index in [2.05, 4.69) is 46.8 Å². The van der Waals surface area contributed by atoms with Crippen LogP contribution in [-0.2, 0) is 6.42 Å². The summed E-state index contributed by atoms with van der Waals surface area (Å²) in [6.07, 6.45) is 1.05. The zero-order chi connectivity index (χ0) is 11.9. The molecule has 0 aliphatic carbocycles. The van der Waals surface area contributed by atoms with Crippen LogP contribution in [0.15, 0.2) is 17.1 Å². The highest BCUT2D eigenvalue weighted by Gasteiger charge is 2.21. The first kappa shape index (κ1) is 11.4. The van der Waals surface area contributed by atoms with Crippen molar-refractivity contribution in [1.29, 1.82) is 0 Å². The maximum absolute atomic E-state index is 4.73. The van der Waals surface area contributed by atoms with E-state index in [0.717, 1.165) is 6.42 Å². The van der Waals surface area contributed by atoms with Gasteiger partial charge in [-0.25, -0.2) is 0 Å². The van der Waals surface area contributed by atoms with Crippen molar-refractivity contribution in [2.75, 3.05) is 0 Å². The number of hydrogen-bond donors (Lipinski definition) is 0. The van der Waals surface area contributed by atoms with Crippen molar-refractivity contribution in [1.82, 2.24) is 0 Å². The number of rotatable bonds is 2. The molecule has 0 fully saturated rings. The highest BCUT2D eigenvalue weighted by atomic mass is 14.8. The van der Waals surface area contributed by atoms with E-state index in [1.54, 1.807) is 0 Å². The van der Waals surface area contributed by atoms with Crippen LogP contribution in [0.5, 0.6) is 0 Å². The lowest BCUT2D eigenvalue weighted by Gasteiger charge is -2.16. The summed E-state index contributed by atoms with van der Waals surface area (Å²) in [5.74, 6) is 1.15. The van der Waals surface area contributed by atoms with Crippen molar-refractivity contribution in [3.63, 3.8) is 0 Å². The van der Waals surface area contributed by atoms with Crippen LogP contribution >= 0.6 is 0 Å². The summed E-state index contributed by atoms with van der Waals surface area (Å²) in [4.78, 5) is 4.73. The maximum atomic E-state index is 4.73. The SMILES string of the molecule is CC1=Nc2c(C(C)C)ccc(C(C)C)c2C1. The van der Waals surface area contributed by atoms with Crippen LogP contribution in [0.1, 0.15) is 63.1 Å². The molecule has 2 rings (SSSR count). The Morgan fingerprint density at radius 1 is 1.00 bits per heavy atom. The summed E-state index contributed by atoms with van der Waals surface area (Å²) >= 11 is 0. The Balaban J connectivity index is 2.60. The molecule has 1 heteroatoms. The smallest absolute Gasteiger partial charge is 0.0702 e. The van der Waals surface area contributed by atoms with Gasteiger partial charge < -0.3 is 0 Å². The fourth-order valence-electron chi connectivity index (χ4n) is 2.48. The van der Waals surface area contributed by atoms with Crippen LogP contribution < -0.4 is 0 Å². The molecule has 0 saturated heterocycles. The first-order valence-electron chi connectivity index (χ1n) is 6.20. The minimum Gasteiger partial charge on any atom is -0.257 e. The highest BCUT2D eigenvalue weighted by Crippen LogP contribution is 2.39. The van der Waals surface area contributed by atoms with Gasteiger partial charge in [-0.05, 0) is 35.4 Å². The Morgan fingerprint density at radius 2 is 1.56 bits per heavy atom. The second kappa shape index (κ2) is 4.04. The Hall–Kier alpha value is -1.11. The van der Waals surface area contributed by atoms with E-state index in [1.165, 1.54) is 28.1 Å². The van der Waals surface area contributed by atoms with E-state index < -0.39 is 0 Å². The molecular formula is C15H21N. The summed E-state index contributed by atoms with van der Waals surface area (Å²) in [7, 11) is 0. The van der Waals surface area contributed by atoms with Crippen LogP contribution in [0, 0.1) is 0 Å². The fraction of sp³-hybridized carbons (Fsp3) is 0.533. The molecule has 0 unspecified atom stereocenters. The van der Waals surface area contributed by atoms with Gasteiger partial charge in [0.05, 0.1) is 5.69 Å². The van der Waals surface area contributed by atoms with E-state index in [1.807, 2.05) is 0 Å². The molecule has 1 heterocycles. The normalized spacial score (nSPS) is 14.6. The first-order valence-corrected chi connectivity index (χ1v) is 6.20. The molecule has 0 bridgehead atoms. The van der Waals surface area contributed by atoms with Crippen LogP contribution in [0.2, 0.25) is 0 Å². The molecule has 86 valence electrons. The van der Waals surface area contributed by atoms with Crippen LogP contribution in [0.4, 0.5) is 5.69 Å². The molecule has 0 spiro atoms. The van der Waals surface area contributed by atoms with Gasteiger partial charge in [0.15, 0.2) is 0 Å². The van der Waals surface area contributed by atoms with Crippen molar-refractivity contribution in [2.45, 2.75) is 52.9 Å². The Kier molecular flexibility index (Phi) is 2.88. The zero-order valence-electron chi connectivity index (χ0n) is 11.0. The van der Waals surface area contributed by atoms with E-state index in [9.17, 15) is 0 Å². The molecule has 1 aliphatic rings. The maximum Gasteiger partial charge on any atom is 0.0702 e. The Labute approximate surface area is 98.6 Å². The molecule has 0 amide bonds. The van der Waals surface area contributed by atoms with Crippen molar-refractivity contribution >= 4 is 11.4 Å². The predicted octanol–water partition coefficient (Wildman–Crippen LogP) is 4.58. The van der Waals surface area contributed by atoms with Gasteiger partial charge in [-0.1, -0.05) is 39.8 Å². The Bertz CT molecular complexity index is 439. The molecule has 1 aliphatic heterocycles. The molecule has 0 N–H and O–H groups in total. The first-order chi connectivity index (χ1) is 7.50. The van der Waals surface area contributed by atoms with Gasteiger partial charge >= 0.3 is 0 Å². The molecular weight excluding hydrogens is 194 g/mol. The number of aliphatic imine (C=N–C) groups is 1. The lowest BCUT2D eigenvalue weighted by atomic mass is 9.89. The van der Waals surface area contributed by atoms with Crippen molar-refractivity contribution < 1.29 is 0 Å². The van der Waals surface area contributed by atoms with Crippen molar-refractivity contribution in [3.05, 3.63) is 28.8 Å². The third kappa shape index (κ3) is 1.79. The van der Waals surface area contributed by atoms with Gasteiger partial charge in [0, 0.05) is 12.1 Å². The summed E-state index contributed by atoms with van der Waals surface area (Å²) in [5.41, 5.74) is 6.86. The predicted molar refractivity (Wildman–Crippen MR) is 71.1 cm³/mol. The monoisotopic (exact) mass is 215 g/mol. The van der Waals surface area contributed by atoms with Gasteiger partial charge in [0.1, 0.15) is 0 Å². The summed E-state index contributed by atoms with van der Waals surface area (Å²) in [6, 6.07) is 4.56. The van der Waals surface area contributed by atoms with Gasteiger partial charge in [-0.2, -0.15) is 0 Å². The standard InChI is InChI=1S/C15H21N/c1-9(2)12-6-7-13(10(3)4)15-14(12)8-11(5)16-15/h6-7,9-10H,8H2,1-5H3. The molecule has 1 nitrogen and oxygen atoms in total. The number of fused-ring (bicyclic) bond motifs is 1. The van der Waals surface area contributed by atoms with Crippen LogP contribution in [0.3, 0.4) is 0 Å². The van der Waals surface area contributed by atoms with Gasteiger partial charge in [0.2, 0.25) is 0 Å². The zero-order valence-corrected chi connectivity index (χ0v) is 11.0. The molecule has 0 atom stereocenters. The molecule has 0 radical (unpaired) electrons. The lowest BCUT2D eigenvalue weighted by molar-refractivity contribution is 0.836. The van der Waals surface area contributed by atoms with E-state index in [-0.39, 0.29) is 0 Å². The lowest BCUT2D eigenvalue weighted by Crippen LogP contribution is -1.99. The average molecular weight is 215 g/mol. The number of benzene rings is 1. The average Bonchev–Trinajstić information content (AvgIpc) is 2.56. The quantitative estimate of drug-likeness (QED) is 0.684.